The predicted molar refractivity (Wildman–Crippen MR) is 272 cm³/mol. The van der Waals surface area contributed by atoms with E-state index in [1.54, 1.807) is 6.07 Å². The Hall–Kier alpha value is -6.26. The Kier molecular flexibility index (Phi) is 8.08. The second-order valence-corrected chi connectivity index (χ2v) is 20.8. The van der Waals surface area contributed by atoms with Crippen molar-refractivity contribution in [2.24, 2.45) is 0 Å². The topological polar surface area (TPSA) is 50.9 Å². The average molecular weight is 856 g/mol. The van der Waals surface area contributed by atoms with E-state index in [0.717, 1.165) is 44.6 Å². The Labute approximate surface area is 399 Å². The lowest BCUT2D eigenvalue weighted by Crippen LogP contribution is -2.17. The van der Waals surface area contributed by atoms with E-state index in [1.165, 1.54) is 0 Å². The first-order chi connectivity index (χ1) is 35.0. The maximum atomic E-state index is 12.5. The van der Waals surface area contributed by atoms with Gasteiger partial charge in [0.15, 0.2) is 0 Å². The SMILES string of the molecule is [2H]c1nc(-c2cc(-c3cccc4c3nc(-c3cc(C(C)(C)C)cc(C(C)(C)C)c3O)n4-c3ccc(-c4ccccc4)c(C(C)(C)C)c3)cc(C(C)(C)C)c2)c([2H])c(-c2c([2H])c([2H])c(C([2H])([2H])C([2H])([2H])[2H])c([2H])c2[2H])c1[2H]. The fraction of sp³-hybridized carbons (Fsp3) is 0.300. The van der Waals surface area contributed by atoms with Gasteiger partial charge in [0.1, 0.15) is 11.6 Å². The van der Waals surface area contributed by atoms with Crippen LogP contribution in [0, 0.1) is 0 Å². The molecule has 0 aliphatic heterocycles. The van der Waals surface area contributed by atoms with Gasteiger partial charge in [0.2, 0.25) is 0 Å². The number of para-hydroxylation sites is 1. The van der Waals surface area contributed by atoms with Gasteiger partial charge in [0.25, 0.3) is 0 Å². The molecule has 4 nitrogen and oxygen atoms in total. The lowest BCUT2D eigenvalue weighted by atomic mass is 9.78. The molecule has 0 bridgehead atoms. The number of phenols is 1. The highest BCUT2D eigenvalue weighted by molar-refractivity contribution is 5.97. The third kappa shape index (κ3) is 8.68. The molecule has 0 spiro atoms. The number of benzene rings is 6. The lowest BCUT2D eigenvalue weighted by molar-refractivity contribution is 0.446. The van der Waals surface area contributed by atoms with E-state index >= 15 is 0 Å². The Bertz CT molecular complexity index is 3600. The fourth-order valence-corrected chi connectivity index (χ4v) is 8.18. The molecule has 0 radical (unpaired) electrons. The number of nitrogens with zero attached hydrogens (tertiary/aromatic N) is 3. The van der Waals surface area contributed by atoms with Crippen molar-refractivity contribution in [3.05, 3.63) is 167 Å². The lowest BCUT2D eigenvalue weighted by Gasteiger charge is -2.28. The molecule has 326 valence electrons. The van der Waals surface area contributed by atoms with Crippen LogP contribution in [-0.2, 0) is 28.0 Å². The molecule has 2 aromatic heterocycles. The van der Waals surface area contributed by atoms with E-state index in [2.05, 4.69) is 108 Å². The van der Waals surface area contributed by atoms with Gasteiger partial charge >= 0.3 is 0 Å². The summed E-state index contributed by atoms with van der Waals surface area (Å²) in [5.41, 5.74) is 6.68. The van der Waals surface area contributed by atoms with Crippen LogP contribution in [0.15, 0.2) is 139 Å². The third-order valence-electron chi connectivity index (χ3n) is 11.8. The summed E-state index contributed by atoms with van der Waals surface area (Å²) in [4.78, 5) is 9.99. The molecular weight excluding hydrogens is 779 g/mol. The molecule has 2 heterocycles. The quantitative estimate of drug-likeness (QED) is 0.174. The van der Waals surface area contributed by atoms with E-state index in [4.69, 9.17) is 20.1 Å². The van der Waals surface area contributed by atoms with Crippen molar-refractivity contribution in [3.8, 4) is 67.5 Å². The Morgan fingerprint density at radius 3 is 1.91 bits per heavy atom. The van der Waals surface area contributed by atoms with E-state index in [0.29, 0.717) is 33.6 Å². The first-order valence-electron chi connectivity index (χ1n) is 27.8. The van der Waals surface area contributed by atoms with Crippen molar-refractivity contribution in [1.29, 1.82) is 0 Å². The van der Waals surface area contributed by atoms with Gasteiger partial charge in [-0.05, 0) is 127 Å². The van der Waals surface area contributed by atoms with Crippen molar-refractivity contribution in [2.75, 3.05) is 0 Å². The van der Waals surface area contributed by atoms with Crippen molar-refractivity contribution >= 4 is 11.0 Å². The van der Waals surface area contributed by atoms with Crippen LogP contribution in [0.1, 0.15) is 134 Å². The Morgan fingerprint density at radius 1 is 0.578 bits per heavy atom. The molecule has 8 aromatic rings. The number of pyridine rings is 1. The maximum Gasteiger partial charge on any atom is 0.149 e. The molecule has 0 amide bonds. The third-order valence-corrected chi connectivity index (χ3v) is 11.8. The number of imidazole rings is 1. The van der Waals surface area contributed by atoms with Gasteiger partial charge in [-0.1, -0.05) is 175 Å². The van der Waals surface area contributed by atoms with Crippen LogP contribution >= 0.6 is 0 Å². The smallest absolute Gasteiger partial charge is 0.149 e. The van der Waals surface area contributed by atoms with Crippen LogP contribution in [-0.4, -0.2) is 19.6 Å². The van der Waals surface area contributed by atoms with E-state index in [9.17, 15) is 6.48 Å². The zero-order valence-corrected chi connectivity index (χ0v) is 39.0. The number of phenolic OH excluding ortho intramolecular Hbond substituents is 1. The number of fused-ring (bicyclic) bond motifs is 1. The van der Waals surface area contributed by atoms with Crippen molar-refractivity contribution < 1.29 is 21.6 Å². The average Bonchev–Trinajstić information content (AvgIpc) is 3.71. The molecule has 1 N–H and O–H groups in total. The molecule has 6 aromatic carbocycles. The van der Waals surface area contributed by atoms with Gasteiger partial charge in [-0.15, -0.1) is 0 Å². The summed E-state index contributed by atoms with van der Waals surface area (Å²) in [7, 11) is 0. The largest absolute Gasteiger partial charge is 0.507 e. The minimum atomic E-state index is -3.35. The van der Waals surface area contributed by atoms with Gasteiger partial charge in [0, 0.05) is 35.4 Å². The Balaban J connectivity index is 1.45. The summed E-state index contributed by atoms with van der Waals surface area (Å²) in [5.74, 6) is 0.632. The van der Waals surface area contributed by atoms with Gasteiger partial charge in [-0.3, -0.25) is 9.55 Å². The van der Waals surface area contributed by atoms with Crippen LogP contribution in [0.2, 0.25) is 0 Å². The zero-order chi connectivity index (χ0) is 56.3. The second-order valence-electron chi connectivity index (χ2n) is 20.8. The van der Waals surface area contributed by atoms with Crippen molar-refractivity contribution in [2.45, 2.75) is 118 Å². The molecule has 0 saturated heterocycles. The molecule has 8 rings (SSSR count). The molecule has 0 atom stereocenters. The first kappa shape index (κ1) is 31.6. The van der Waals surface area contributed by atoms with Crippen LogP contribution in [0.4, 0.5) is 0 Å². The minimum absolute atomic E-state index is 0.0904. The number of hydrogen-bond donors (Lipinski definition) is 1. The van der Waals surface area contributed by atoms with Crippen LogP contribution in [0.25, 0.3) is 72.7 Å². The van der Waals surface area contributed by atoms with Gasteiger partial charge in [-0.2, -0.15) is 0 Å². The summed E-state index contributed by atoms with van der Waals surface area (Å²) in [6, 6.07) is 27.6. The number of hydrogen-bond acceptors (Lipinski definition) is 3. The molecule has 4 heteroatoms. The van der Waals surface area contributed by atoms with E-state index < -0.39 is 83.2 Å². The van der Waals surface area contributed by atoms with Gasteiger partial charge in [0.05, 0.1) is 31.9 Å². The summed E-state index contributed by atoms with van der Waals surface area (Å²) in [5, 5.41) is 12.5. The fourth-order valence-electron chi connectivity index (χ4n) is 8.18. The second kappa shape index (κ2) is 16.4. The van der Waals surface area contributed by atoms with E-state index in [1.807, 2.05) is 75.4 Å². The molecule has 0 saturated carbocycles. The maximum absolute atomic E-state index is 12.5. The number of rotatable bonds is 7. The zero-order valence-electron chi connectivity index (χ0n) is 51.0. The monoisotopic (exact) mass is 856 g/mol. The molecule has 0 aliphatic carbocycles. The van der Waals surface area contributed by atoms with Crippen LogP contribution < -0.4 is 0 Å². The summed E-state index contributed by atoms with van der Waals surface area (Å²) in [6.07, 6.45) is -3.89. The molecule has 0 aliphatic rings. The van der Waals surface area contributed by atoms with Crippen LogP contribution in [0.5, 0.6) is 5.75 Å². The van der Waals surface area contributed by atoms with E-state index in [-0.39, 0.29) is 22.3 Å². The molecule has 0 unspecified atom stereocenters. The molecular formula is C60H65N3O. The normalized spacial score (nSPS) is 15.7. The van der Waals surface area contributed by atoms with Crippen molar-refractivity contribution in [3.63, 3.8) is 0 Å². The summed E-state index contributed by atoms with van der Waals surface area (Å²) >= 11 is 0. The Morgan fingerprint density at radius 2 is 1.25 bits per heavy atom. The number of aromatic hydroxyl groups is 1. The summed E-state index contributed by atoms with van der Waals surface area (Å²) < 4.78 is 105. The highest BCUT2D eigenvalue weighted by Crippen LogP contribution is 2.46. The highest BCUT2D eigenvalue weighted by atomic mass is 16.3. The number of aromatic nitrogens is 3. The van der Waals surface area contributed by atoms with Gasteiger partial charge in [-0.25, -0.2) is 4.98 Å². The van der Waals surface area contributed by atoms with Crippen LogP contribution in [0.3, 0.4) is 0 Å². The standard InChI is InChI=1S/C60H65N3O/c1-14-38-23-25-39(26-24-38)41-29-30-61-52(34-41)43-31-42(32-44(33-43)57(2,3)4)48-21-18-22-53-54(48)62-56(49-35-45(58(5,6)7)36-51(55(49)64)60(11,12)13)63(53)46-27-28-47(40-19-16-15-17-20-40)50(37-46)59(8,9)10/h15-37,64H,14H2,1-13H3/i1D3,14D2,23D,24D,25D,26D,29D,30D,34D. The van der Waals surface area contributed by atoms with Gasteiger partial charge < -0.3 is 5.11 Å². The molecule has 0 fully saturated rings. The highest BCUT2D eigenvalue weighted by Gasteiger charge is 2.30. The first-order valence-corrected chi connectivity index (χ1v) is 21.8. The summed E-state index contributed by atoms with van der Waals surface area (Å²) in [6.45, 7) is 22.0. The van der Waals surface area contributed by atoms with Crippen molar-refractivity contribution in [1.82, 2.24) is 14.5 Å². The minimum Gasteiger partial charge on any atom is -0.507 e. The molecule has 64 heavy (non-hydrogen) atoms. The predicted octanol–water partition coefficient (Wildman–Crippen LogP) is 16.2.